The highest BCUT2D eigenvalue weighted by Crippen LogP contribution is 2.30. The third kappa shape index (κ3) is 4.11. The minimum Gasteiger partial charge on any atom is -0.368 e. The molecule has 1 saturated heterocycles. The summed E-state index contributed by atoms with van der Waals surface area (Å²) in [5.41, 5.74) is 2.66. The molecule has 1 N–H and O–H groups in total. The van der Waals surface area contributed by atoms with Crippen LogP contribution in [0.25, 0.3) is 0 Å². The van der Waals surface area contributed by atoms with E-state index in [1.54, 1.807) is 0 Å². The Balaban J connectivity index is 2.14. The molecule has 0 aromatic carbocycles. The van der Waals surface area contributed by atoms with Gasteiger partial charge in [-0.2, -0.15) is 11.8 Å². The lowest BCUT2D eigenvalue weighted by Crippen LogP contribution is -2.41. The number of aromatic nitrogens is 1. The number of pyridine rings is 1. The maximum absolute atomic E-state index is 4.32. The molecule has 2 heterocycles. The van der Waals surface area contributed by atoms with Gasteiger partial charge >= 0.3 is 0 Å². The SMILES string of the molecule is CC(C)NCc1ccncc1N1CC(C)SC(C)C1. The van der Waals surface area contributed by atoms with Gasteiger partial charge in [0.05, 0.1) is 11.9 Å². The molecule has 0 radical (unpaired) electrons. The minimum absolute atomic E-state index is 0.510. The van der Waals surface area contributed by atoms with Gasteiger partial charge in [0.1, 0.15) is 0 Å². The van der Waals surface area contributed by atoms with Crippen LogP contribution < -0.4 is 10.2 Å². The van der Waals surface area contributed by atoms with E-state index in [2.05, 4.69) is 60.7 Å². The normalized spacial score (nSPS) is 23.9. The van der Waals surface area contributed by atoms with Crippen molar-refractivity contribution in [2.45, 2.75) is 50.8 Å². The summed E-state index contributed by atoms with van der Waals surface area (Å²) in [5.74, 6) is 0. The molecule has 1 aromatic heterocycles. The van der Waals surface area contributed by atoms with Crippen LogP contribution in [0.1, 0.15) is 33.3 Å². The lowest BCUT2D eigenvalue weighted by molar-refractivity contribution is 0.586. The fraction of sp³-hybridized carbons (Fsp3) is 0.667. The van der Waals surface area contributed by atoms with E-state index >= 15 is 0 Å². The second-order valence-electron chi connectivity index (χ2n) is 5.70. The van der Waals surface area contributed by atoms with Gasteiger partial charge in [-0.15, -0.1) is 0 Å². The second kappa shape index (κ2) is 6.62. The van der Waals surface area contributed by atoms with E-state index in [1.807, 2.05) is 12.4 Å². The fourth-order valence-corrected chi connectivity index (χ4v) is 3.86. The summed E-state index contributed by atoms with van der Waals surface area (Å²) in [5, 5.41) is 4.88. The Labute approximate surface area is 121 Å². The molecule has 3 nitrogen and oxygen atoms in total. The third-order valence-corrected chi connectivity index (χ3v) is 4.58. The Morgan fingerprint density at radius 2 is 2.05 bits per heavy atom. The smallest absolute Gasteiger partial charge is 0.0599 e. The molecule has 0 amide bonds. The van der Waals surface area contributed by atoms with E-state index in [9.17, 15) is 0 Å². The van der Waals surface area contributed by atoms with Gasteiger partial charge in [-0.3, -0.25) is 4.98 Å². The van der Waals surface area contributed by atoms with Crippen molar-refractivity contribution in [3.05, 3.63) is 24.0 Å². The number of thioether (sulfide) groups is 1. The zero-order valence-electron chi connectivity index (χ0n) is 12.4. The van der Waals surface area contributed by atoms with Gasteiger partial charge in [0, 0.05) is 42.4 Å². The van der Waals surface area contributed by atoms with Crippen molar-refractivity contribution in [2.75, 3.05) is 18.0 Å². The average Bonchev–Trinajstić information content (AvgIpc) is 2.35. The first-order valence-electron chi connectivity index (χ1n) is 7.13. The first-order chi connectivity index (χ1) is 9.06. The number of nitrogens with one attached hydrogen (secondary N) is 1. The largest absolute Gasteiger partial charge is 0.368 e. The van der Waals surface area contributed by atoms with Crippen molar-refractivity contribution in [1.29, 1.82) is 0 Å². The first-order valence-corrected chi connectivity index (χ1v) is 8.07. The monoisotopic (exact) mass is 279 g/mol. The molecular weight excluding hydrogens is 254 g/mol. The summed E-state index contributed by atoms with van der Waals surface area (Å²) in [4.78, 5) is 6.82. The minimum atomic E-state index is 0.510. The zero-order chi connectivity index (χ0) is 13.8. The van der Waals surface area contributed by atoms with E-state index in [-0.39, 0.29) is 0 Å². The summed E-state index contributed by atoms with van der Waals surface area (Å²) >= 11 is 2.09. The molecular formula is C15H25N3S. The topological polar surface area (TPSA) is 28.2 Å². The molecule has 2 unspecified atom stereocenters. The molecule has 2 atom stereocenters. The van der Waals surface area contributed by atoms with Gasteiger partial charge in [-0.05, 0) is 11.6 Å². The van der Waals surface area contributed by atoms with Crippen LogP contribution in [0.15, 0.2) is 18.5 Å². The zero-order valence-corrected chi connectivity index (χ0v) is 13.2. The van der Waals surface area contributed by atoms with E-state index < -0.39 is 0 Å². The molecule has 1 fully saturated rings. The number of anilines is 1. The molecule has 0 saturated carbocycles. The molecule has 0 aliphatic carbocycles. The quantitative estimate of drug-likeness (QED) is 0.917. The molecule has 2 rings (SSSR count). The molecule has 19 heavy (non-hydrogen) atoms. The third-order valence-electron chi connectivity index (χ3n) is 3.35. The molecule has 4 heteroatoms. The van der Waals surface area contributed by atoms with Crippen LogP contribution in [0.2, 0.25) is 0 Å². The van der Waals surface area contributed by atoms with E-state index in [0.29, 0.717) is 16.5 Å². The van der Waals surface area contributed by atoms with Gasteiger partial charge in [0.2, 0.25) is 0 Å². The summed E-state index contributed by atoms with van der Waals surface area (Å²) in [6.07, 6.45) is 3.92. The Hall–Kier alpha value is -0.740. The van der Waals surface area contributed by atoms with E-state index in [1.165, 1.54) is 11.3 Å². The number of nitrogens with zero attached hydrogens (tertiary/aromatic N) is 2. The van der Waals surface area contributed by atoms with Gasteiger partial charge < -0.3 is 10.2 Å². The van der Waals surface area contributed by atoms with Crippen LogP contribution in [0.3, 0.4) is 0 Å². The van der Waals surface area contributed by atoms with Crippen LogP contribution >= 0.6 is 11.8 Å². The van der Waals surface area contributed by atoms with Gasteiger partial charge in [0.15, 0.2) is 0 Å². The highest BCUT2D eigenvalue weighted by Gasteiger charge is 2.23. The molecule has 1 aliphatic heterocycles. The molecule has 0 spiro atoms. The Morgan fingerprint density at radius 3 is 2.68 bits per heavy atom. The fourth-order valence-electron chi connectivity index (χ4n) is 2.54. The molecule has 1 aromatic rings. The number of rotatable bonds is 4. The molecule has 0 bridgehead atoms. The van der Waals surface area contributed by atoms with Crippen LogP contribution in [0, 0.1) is 0 Å². The standard InChI is InChI=1S/C15H25N3S/c1-11(2)17-7-14-5-6-16-8-15(14)18-9-12(3)19-13(4)10-18/h5-6,8,11-13,17H,7,9-10H2,1-4H3. The van der Waals surface area contributed by atoms with Crippen LogP contribution in [0.5, 0.6) is 0 Å². The second-order valence-corrected chi connectivity index (χ2v) is 7.58. The van der Waals surface area contributed by atoms with Crippen LogP contribution in [-0.2, 0) is 6.54 Å². The first kappa shape index (κ1) is 14.7. The Bertz CT molecular complexity index is 398. The summed E-state index contributed by atoms with van der Waals surface area (Å²) < 4.78 is 0. The maximum Gasteiger partial charge on any atom is 0.0599 e. The highest BCUT2D eigenvalue weighted by atomic mass is 32.2. The summed E-state index contributed by atoms with van der Waals surface area (Å²) in [6, 6.07) is 2.65. The number of hydrogen-bond acceptors (Lipinski definition) is 4. The van der Waals surface area contributed by atoms with Gasteiger partial charge in [0.25, 0.3) is 0 Å². The van der Waals surface area contributed by atoms with Crippen molar-refractivity contribution in [3.63, 3.8) is 0 Å². The molecule has 1 aliphatic rings. The van der Waals surface area contributed by atoms with Gasteiger partial charge in [-0.25, -0.2) is 0 Å². The predicted octanol–water partition coefficient (Wildman–Crippen LogP) is 2.91. The summed E-state index contributed by atoms with van der Waals surface area (Å²) in [7, 11) is 0. The van der Waals surface area contributed by atoms with Crippen LogP contribution in [-0.4, -0.2) is 34.6 Å². The lowest BCUT2D eigenvalue weighted by atomic mass is 10.1. The average molecular weight is 279 g/mol. The lowest BCUT2D eigenvalue weighted by Gasteiger charge is -2.37. The Kier molecular flexibility index (Phi) is 5.11. The van der Waals surface area contributed by atoms with E-state index in [0.717, 1.165) is 19.6 Å². The van der Waals surface area contributed by atoms with Crippen molar-refractivity contribution < 1.29 is 0 Å². The molecule has 106 valence electrons. The Morgan fingerprint density at radius 1 is 1.37 bits per heavy atom. The maximum atomic E-state index is 4.32. The highest BCUT2D eigenvalue weighted by molar-refractivity contribution is 8.00. The van der Waals surface area contributed by atoms with E-state index in [4.69, 9.17) is 0 Å². The van der Waals surface area contributed by atoms with Crippen molar-refractivity contribution in [2.24, 2.45) is 0 Å². The van der Waals surface area contributed by atoms with Crippen molar-refractivity contribution >= 4 is 17.4 Å². The van der Waals surface area contributed by atoms with Crippen molar-refractivity contribution in [1.82, 2.24) is 10.3 Å². The van der Waals surface area contributed by atoms with Crippen LogP contribution in [0.4, 0.5) is 5.69 Å². The predicted molar refractivity (Wildman–Crippen MR) is 84.9 cm³/mol. The van der Waals surface area contributed by atoms with Crippen molar-refractivity contribution in [3.8, 4) is 0 Å². The summed E-state index contributed by atoms with van der Waals surface area (Å²) in [6.45, 7) is 12.2. The number of hydrogen-bond donors (Lipinski definition) is 1. The van der Waals surface area contributed by atoms with Gasteiger partial charge in [-0.1, -0.05) is 27.7 Å².